The van der Waals surface area contributed by atoms with E-state index in [9.17, 15) is 4.79 Å². The molecule has 4 heterocycles. The fourth-order valence-electron chi connectivity index (χ4n) is 4.01. The predicted molar refractivity (Wildman–Crippen MR) is 112 cm³/mol. The highest BCUT2D eigenvalue weighted by Crippen LogP contribution is 2.29. The third-order valence-corrected chi connectivity index (χ3v) is 5.61. The van der Waals surface area contributed by atoms with Gasteiger partial charge >= 0.3 is 0 Å². The van der Waals surface area contributed by atoms with Gasteiger partial charge in [0.25, 0.3) is 5.56 Å². The number of anilines is 1. The number of hydrogen-bond acceptors (Lipinski definition) is 7. The van der Waals surface area contributed by atoms with Crippen molar-refractivity contribution in [3.05, 3.63) is 65.0 Å². The Morgan fingerprint density at radius 3 is 2.53 bits per heavy atom. The predicted octanol–water partition coefficient (Wildman–Crippen LogP) is 2.65. The largest absolute Gasteiger partial charge is 0.366 e. The third-order valence-electron chi connectivity index (χ3n) is 5.61. The fraction of sp³-hybridized carbons (Fsp3) is 0.333. The van der Waals surface area contributed by atoms with Crippen LogP contribution < -0.4 is 10.9 Å². The van der Waals surface area contributed by atoms with E-state index in [4.69, 9.17) is 0 Å². The molecule has 0 atom stereocenters. The summed E-state index contributed by atoms with van der Waals surface area (Å²) in [5, 5.41) is 20.8. The second-order valence-electron chi connectivity index (χ2n) is 7.62. The summed E-state index contributed by atoms with van der Waals surface area (Å²) in [5.74, 6) is 1.57. The third kappa shape index (κ3) is 3.54. The van der Waals surface area contributed by atoms with E-state index in [0.717, 1.165) is 54.2 Å². The van der Waals surface area contributed by atoms with Gasteiger partial charge in [0.15, 0.2) is 11.5 Å². The minimum absolute atomic E-state index is 0.0561. The number of hydrogen-bond donors (Lipinski definition) is 1. The zero-order chi connectivity index (χ0) is 20.5. The standard InChI is InChI=1S/C21H22N8O/c1-14-24-25-20-8-7-19(27-28(14)20)23-16-2-4-17(5-3-16)29-21(30)9-6-18(26-29)15-10-12-22-13-11-15/h6-13,16-17H,2-5H2,1H3,(H,23,27). The average Bonchev–Trinajstić information content (AvgIpc) is 3.16. The van der Waals surface area contributed by atoms with Gasteiger partial charge in [-0.05, 0) is 62.9 Å². The average molecular weight is 402 g/mol. The molecule has 9 nitrogen and oxygen atoms in total. The van der Waals surface area contributed by atoms with Crippen molar-refractivity contribution >= 4 is 11.5 Å². The summed E-state index contributed by atoms with van der Waals surface area (Å²) in [4.78, 5) is 16.5. The summed E-state index contributed by atoms with van der Waals surface area (Å²) < 4.78 is 3.39. The molecule has 1 N–H and O–H groups in total. The van der Waals surface area contributed by atoms with Crippen LogP contribution in [0.5, 0.6) is 0 Å². The van der Waals surface area contributed by atoms with E-state index in [1.165, 1.54) is 0 Å². The number of nitrogens with one attached hydrogen (secondary N) is 1. The van der Waals surface area contributed by atoms with E-state index in [2.05, 4.69) is 30.7 Å². The highest BCUT2D eigenvalue weighted by Gasteiger charge is 2.24. The van der Waals surface area contributed by atoms with Crippen LogP contribution in [-0.2, 0) is 0 Å². The lowest BCUT2D eigenvalue weighted by Crippen LogP contribution is -2.33. The van der Waals surface area contributed by atoms with Crippen LogP contribution in [0.4, 0.5) is 5.82 Å². The lowest BCUT2D eigenvalue weighted by molar-refractivity contribution is 0.304. The zero-order valence-electron chi connectivity index (χ0n) is 16.6. The Bertz CT molecular complexity index is 1220. The quantitative estimate of drug-likeness (QED) is 0.560. The first-order chi connectivity index (χ1) is 14.7. The molecule has 0 saturated heterocycles. The minimum atomic E-state index is -0.0561. The Hall–Kier alpha value is -3.62. The van der Waals surface area contributed by atoms with Gasteiger partial charge in [0.2, 0.25) is 0 Å². The molecular weight excluding hydrogens is 380 g/mol. The summed E-state index contributed by atoms with van der Waals surface area (Å²) >= 11 is 0. The van der Waals surface area contributed by atoms with Gasteiger partial charge in [-0.1, -0.05) is 0 Å². The molecule has 4 aromatic heterocycles. The van der Waals surface area contributed by atoms with Crippen LogP contribution in [-0.4, -0.2) is 40.6 Å². The molecule has 5 rings (SSSR count). The molecule has 0 bridgehead atoms. The molecule has 0 spiro atoms. The highest BCUT2D eigenvalue weighted by molar-refractivity contribution is 5.57. The minimum Gasteiger partial charge on any atom is -0.366 e. The summed E-state index contributed by atoms with van der Waals surface area (Å²) in [6.45, 7) is 1.88. The lowest BCUT2D eigenvalue weighted by atomic mass is 9.91. The van der Waals surface area contributed by atoms with Gasteiger partial charge in [-0.2, -0.15) is 9.61 Å². The molecule has 0 aromatic carbocycles. The first kappa shape index (κ1) is 18.4. The van der Waals surface area contributed by atoms with Gasteiger partial charge in [-0.3, -0.25) is 9.78 Å². The summed E-state index contributed by atoms with van der Waals surface area (Å²) in [6, 6.07) is 11.4. The molecule has 0 radical (unpaired) electrons. The first-order valence-corrected chi connectivity index (χ1v) is 10.1. The molecular formula is C21H22N8O. The van der Waals surface area contributed by atoms with Gasteiger partial charge in [-0.25, -0.2) is 4.68 Å². The number of fused-ring (bicyclic) bond motifs is 1. The summed E-state index contributed by atoms with van der Waals surface area (Å²) in [5.41, 5.74) is 2.43. The van der Waals surface area contributed by atoms with Gasteiger partial charge < -0.3 is 5.32 Å². The van der Waals surface area contributed by atoms with E-state index >= 15 is 0 Å². The highest BCUT2D eigenvalue weighted by atomic mass is 16.1. The van der Waals surface area contributed by atoms with Crippen molar-refractivity contribution in [1.82, 2.24) is 34.6 Å². The van der Waals surface area contributed by atoms with Gasteiger partial charge in [0.05, 0.1) is 11.7 Å². The molecule has 0 aliphatic heterocycles. The number of aryl methyl sites for hydroxylation is 1. The van der Waals surface area contributed by atoms with Crippen LogP contribution in [0.3, 0.4) is 0 Å². The van der Waals surface area contributed by atoms with Crippen LogP contribution in [0.15, 0.2) is 53.6 Å². The van der Waals surface area contributed by atoms with E-state index in [-0.39, 0.29) is 11.6 Å². The maximum Gasteiger partial charge on any atom is 0.267 e. The van der Waals surface area contributed by atoms with Crippen LogP contribution in [0.1, 0.15) is 37.5 Å². The van der Waals surface area contributed by atoms with Crippen molar-refractivity contribution in [2.24, 2.45) is 0 Å². The molecule has 9 heteroatoms. The zero-order valence-corrected chi connectivity index (χ0v) is 16.6. The maximum absolute atomic E-state index is 12.5. The second-order valence-corrected chi connectivity index (χ2v) is 7.62. The van der Waals surface area contributed by atoms with Gasteiger partial charge in [0, 0.05) is 30.1 Å². The van der Waals surface area contributed by atoms with Crippen molar-refractivity contribution in [3.63, 3.8) is 0 Å². The molecule has 1 fully saturated rings. The SMILES string of the molecule is Cc1nnc2ccc(NC3CCC(n4nc(-c5ccncc5)ccc4=O)CC3)nn12. The van der Waals surface area contributed by atoms with E-state index in [0.29, 0.717) is 6.04 Å². The molecule has 152 valence electrons. The Labute approximate surface area is 172 Å². The van der Waals surface area contributed by atoms with Crippen LogP contribution >= 0.6 is 0 Å². The smallest absolute Gasteiger partial charge is 0.267 e. The lowest BCUT2D eigenvalue weighted by Gasteiger charge is -2.30. The van der Waals surface area contributed by atoms with E-state index in [1.54, 1.807) is 33.7 Å². The van der Waals surface area contributed by atoms with Crippen molar-refractivity contribution in [1.29, 1.82) is 0 Å². The number of nitrogens with zero attached hydrogens (tertiary/aromatic N) is 7. The summed E-state index contributed by atoms with van der Waals surface area (Å²) in [7, 11) is 0. The Morgan fingerprint density at radius 1 is 0.933 bits per heavy atom. The van der Waals surface area contributed by atoms with Crippen molar-refractivity contribution < 1.29 is 0 Å². The summed E-state index contributed by atoms with van der Waals surface area (Å²) in [6.07, 6.45) is 7.13. The Kier molecular flexibility index (Phi) is 4.70. The Morgan fingerprint density at radius 2 is 1.73 bits per heavy atom. The molecule has 1 aliphatic carbocycles. The molecule has 1 saturated carbocycles. The van der Waals surface area contributed by atoms with Gasteiger partial charge in [-0.15, -0.1) is 15.3 Å². The maximum atomic E-state index is 12.5. The van der Waals surface area contributed by atoms with Crippen LogP contribution in [0.25, 0.3) is 16.9 Å². The molecule has 30 heavy (non-hydrogen) atoms. The van der Waals surface area contributed by atoms with Crippen molar-refractivity contribution in [3.8, 4) is 11.3 Å². The Balaban J connectivity index is 1.28. The normalized spacial score (nSPS) is 19.1. The number of rotatable bonds is 4. The van der Waals surface area contributed by atoms with Crippen LogP contribution in [0, 0.1) is 6.92 Å². The first-order valence-electron chi connectivity index (χ1n) is 10.1. The second kappa shape index (κ2) is 7.66. The van der Waals surface area contributed by atoms with E-state index in [1.807, 2.05) is 31.2 Å². The number of pyridine rings is 1. The molecule has 1 aliphatic rings. The van der Waals surface area contributed by atoms with E-state index < -0.39 is 0 Å². The van der Waals surface area contributed by atoms with Crippen molar-refractivity contribution in [2.45, 2.75) is 44.7 Å². The number of aromatic nitrogens is 7. The van der Waals surface area contributed by atoms with Crippen LogP contribution in [0.2, 0.25) is 0 Å². The monoisotopic (exact) mass is 402 g/mol. The topological polar surface area (TPSA) is 103 Å². The molecule has 0 amide bonds. The molecule has 4 aromatic rings. The van der Waals surface area contributed by atoms with Crippen molar-refractivity contribution in [2.75, 3.05) is 5.32 Å². The van der Waals surface area contributed by atoms with Gasteiger partial charge in [0.1, 0.15) is 5.82 Å². The molecule has 0 unspecified atom stereocenters. The fourth-order valence-corrected chi connectivity index (χ4v) is 4.01.